The van der Waals surface area contributed by atoms with Gasteiger partial charge in [0.1, 0.15) is 10.8 Å². The van der Waals surface area contributed by atoms with Crippen LogP contribution in [0.15, 0.2) is 51.0 Å². The number of carbonyl (C=O) groups is 1. The first-order chi connectivity index (χ1) is 13.7. The topological polar surface area (TPSA) is 87.3 Å². The van der Waals surface area contributed by atoms with Crippen molar-refractivity contribution >= 4 is 28.6 Å². The Bertz CT molecular complexity index is 1070. The van der Waals surface area contributed by atoms with Crippen LogP contribution in [0.3, 0.4) is 0 Å². The van der Waals surface area contributed by atoms with E-state index in [1.807, 2.05) is 46.5 Å². The number of nitrogens with zero attached hydrogens (tertiary/aromatic N) is 3. The van der Waals surface area contributed by atoms with Crippen LogP contribution in [-0.4, -0.2) is 28.2 Å². The molecule has 4 rings (SSSR count). The SMILES string of the molecule is COc1ccccc1-c1noc(COC(=O)Cc2csc(-c3ccsc3)n2)n1. The average Bonchev–Trinajstić information content (AvgIpc) is 3.47. The maximum Gasteiger partial charge on any atom is 0.312 e. The molecule has 0 saturated heterocycles. The monoisotopic (exact) mass is 413 g/mol. The lowest BCUT2D eigenvalue weighted by Crippen LogP contribution is -2.08. The van der Waals surface area contributed by atoms with Gasteiger partial charge in [0.25, 0.3) is 5.89 Å². The molecular formula is C19H15N3O4S2. The maximum absolute atomic E-state index is 12.1. The highest BCUT2D eigenvalue weighted by atomic mass is 32.1. The number of hydrogen-bond acceptors (Lipinski definition) is 9. The number of methoxy groups -OCH3 is 1. The molecule has 0 aliphatic heterocycles. The van der Waals surface area contributed by atoms with Gasteiger partial charge in [-0.1, -0.05) is 17.3 Å². The third kappa shape index (κ3) is 4.10. The standard InChI is InChI=1S/C19H15N3O4S2/c1-24-15-5-3-2-4-14(15)18-21-16(26-22-18)9-25-17(23)8-13-11-28-19(20-13)12-6-7-27-10-12/h2-7,10-11H,8-9H2,1H3. The molecule has 0 bridgehead atoms. The Morgan fingerprint density at radius 1 is 1.18 bits per heavy atom. The summed E-state index contributed by atoms with van der Waals surface area (Å²) >= 11 is 3.11. The summed E-state index contributed by atoms with van der Waals surface area (Å²) in [5.74, 6) is 0.825. The van der Waals surface area contributed by atoms with Crippen LogP contribution >= 0.6 is 22.7 Å². The van der Waals surface area contributed by atoms with Gasteiger partial charge in [0.05, 0.1) is 24.8 Å². The Labute approximate surface area is 168 Å². The summed E-state index contributed by atoms with van der Waals surface area (Å²) in [6.07, 6.45) is 0.0914. The fraction of sp³-hybridized carbons (Fsp3) is 0.158. The van der Waals surface area contributed by atoms with E-state index in [-0.39, 0.29) is 18.9 Å². The number of thiazole rings is 1. The van der Waals surface area contributed by atoms with Crippen LogP contribution in [-0.2, 0) is 22.6 Å². The van der Waals surface area contributed by atoms with Gasteiger partial charge in [-0.05, 0) is 23.6 Å². The summed E-state index contributed by atoms with van der Waals surface area (Å²) in [5, 5.41) is 10.7. The van der Waals surface area contributed by atoms with Gasteiger partial charge in [-0.25, -0.2) is 4.98 Å². The number of aromatic nitrogens is 3. The predicted octanol–water partition coefficient (Wildman–Crippen LogP) is 4.22. The Morgan fingerprint density at radius 3 is 2.89 bits per heavy atom. The fourth-order valence-electron chi connectivity index (χ4n) is 2.50. The van der Waals surface area contributed by atoms with Gasteiger partial charge >= 0.3 is 5.97 Å². The van der Waals surface area contributed by atoms with Crippen LogP contribution in [0, 0.1) is 0 Å². The molecule has 0 unspecified atom stereocenters. The Balaban J connectivity index is 1.35. The molecule has 3 heterocycles. The highest BCUT2D eigenvalue weighted by molar-refractivity contribution is 7.14. The lowest BCUT2D eigenvalue weighted by molar-refractivity contribution is -0.144. The molecule has 1 aromatic carbocycles. The zero-order valence-corrected chi connectivity index (χ0v) is 16.5. The smallest absolute Gasteiger partial charge is 0.312 e. The molecule has 0 aliphatic carbocycles. The Hall–Kier alpha value is -3.04. The maximum atomic E-state index is 12.1. The van der Waals surface area contributed by atoms with Gasteiger partial charge < -0.3 is 14.0 Å². The van der Waals surface area contributed by atoms with Gasteiger partial charge in [0.15, 0.2) is 6.61 Å². The first kappa shape index (κ1) is 18.3. The second kappa shape index (κ2) is 8.32. The van der Waals surface area contributed by atoms with Gasteiger partial charge in [0, 0.05) is 16.3 Å². The van der Waals surface area contributed by atoms with Crippen molar-refractivity contribution in [2.75, 3.05) is 7.11 Å². The molecule has 0 saturated carbocycles. The van der Waals surface area contributed by atoms with Crippen molar-refractivity contribution in [2.24, 2.45) is 0 Å². The van der Waals surface area contributed by atoms with E-state index >= 15 is 0 Å². The van der Waals surface area contributed by atoms with E-state index in [9.17, 15) is 4.79 Å². The molecule has 0 spiro atoms. The van der Waals surface area contributed by atoms with Crippen molar-refractivity contribution in [3.05, 3.63) is 58.1 Å². The molecular weight excluding hydrogens is 398 g/mol. The second-order valence-electron chi connectivity index (χ2n) is 5.71. The fourth-order valence-corrected chi connectivity index (χ4v) is 4.03. The molecule has 0 N–H and O–H groups in total. The van der Waals surface area contributed by atoms with Gasteiger partial charge in [-0.3, -0.25) is 4.79 Å². The second-order valence-corrected chi connectivity index (χ2v) is 7.34. The summed E-state index contributed by atoms with van der Waals surface area (Å²) in [4.78, 5) is 20.8. The molecule has 9 heteroatoms. The van der Waals surface area contributed by atoms with Crippen molar-refractivity contribution < 1.29 is 18.8 Å². The number of thiophene rings is 1. The van der Waals surface area contributed by atoms with E-state index in [2.05, 4.69) is 15.1 Å². The molecule has 7 nitrogen and oxygen atoms in total. The van der Waals surface area contributed by atoms with Crippen LogP contribution in [0.5, 0.6) is 5.75 Å². The van der Waals surface area contributed by atoms with Crippen LogP contribution in [0.1, 0.15) is 11.6 Å². The number of hydrogen-bond donors (Lipinski definition) is 0. The first-order valence-electron chi connectivity index (χ1n) is 8.31. The van der Waals surface area contributed by atoms with Gasteiger partial charge in [-0.2, -0.15) is 16.3 Å². The van der Waals surface area contributed by atoms with E-state index in [4.69, 9.17) is 14.0 Å². The number of benzene rings is 1. The molecule has 0 aliphatic rings. The number of ether oxygens (including phenoxy) is 2. The minimum absolute atomic E-state index is 0.0914. The average molecular weight is 413 g/mol. The van der Waals surface area contributed by atoms with Crippen molar-refractivity contribution in [1.29, 1.82) is 0 Å². The van der Waals surface area contributed by atoms with Crippen molar-refractivity contribution in [1.82, 2.24) is 15.1 Å². The van der Waals surface area contributed by atoms with Crippen molar-refractivity contribution in [3.63, 3.8) is 0 Å². The van der Waals surface area contributed by atoms with Crippen molar-refractivity contribution in [3.8, 4) is 27.7 Å². The minimum Gasteiger partial charge on any atom is -0.496 e. The molecule has 0 fully saturated rings. The molecule has 142 valence electrons. The van der Waals surface area contributed by atoms with Crippen LogP contribution in [0.25, 0.3) is 22.0 Å². The number of rotatable bonds is 7. The van der Waals surface area contributed by atoms with Crippen molar-refractivity contribution in [2.45, 2.75) is 13.0 Å². The van der Waals surface area contributed by atoms with Gasteiger partial charge in [0.2, 0.25) is 5.82 Å². The summed E-state index contributed by atoms with van der Waals surface area (Å²) < 4.78 is 15.7. The van der Waals surface area contributed by atoms with Crippen LogP contribution < -0.4 is 4.74 Å². The third-order valence-electron chi connectivity index (χ3n) is 3.82. The number of esters is 1. The quantitative estimate of drug-likeness (QED) is 0.419. The lowest BCUT2D eigenvalue weighted by atomic mass is 10.2. The Morgan fingerprint density at radius 2 is 2.07 bits per heavy atom. The number of para-hydroxylation sites is 1. The summed E-state index contributed by atoms with van der Waals surface area (Å²) in [7, 11) is 1.57. The first-order valence-corrected chi connectivity index (χ1v) is 10.1. The molecule has 0 radical (unpaired) electrons. The molecule has 28 heavy (non-hydrogen) atoms. The highest BCUT2D eigenvalue weighted by Crippen LogP contribution is 2.27. The minimum atomic E-state index is -0.404. The molecule has 3 aromatic heterocycles. The summed E-state index contributed by atoms with van der Waals surface area (Å²) in [6, 6.07) is 9.34. The normalized spacial score (nSPS) is 10.8. The lowest BCUT2D eigenvalue weighted by Gasteiger charge is -2.03. The van der Waals surface area contributed by atoms with Gasteiger partial charge in [-0.15, -0.1) is 11.3 Å². The highest BCUT2D eigenvalue weighted by Gasteiger charge is 2.15. The van der Waals surface area contributed by atoms with E-state index in [1.165, 1.54) is 11.3 Å². The van der Waals surface area contributed by atoms with E-state index < -0.39 is 5.97 Å². The predicted molar refractivity (Wildman–Crippen MR) is 105 cm³/mol. The van der Waals surface area contributed by atoms with E-state index in [0.717, 1.165) is 10.6 Å². The van der Waals surface area contributed by atoms with E-state index in [0.29, 0.717) is 22.8 Å². The zero-order valence-electron chi connectivity index (χ0n) is 14.8. The summed E-state index contributed by atoms with van der Waals surface area (Å²) in [5.41, 5.74) is 2.44. The largest absolute Gasteiger partial charge is 0.496 e. The van der Waals surface area contributed by atoms with Crippen LogP contribution in [0.4, 0.5) is 0 Å². The summed E-state index contributed by atoms with van der Waals surface area (Å²) in [6.45, 7) is -0.0947. The van der Waals surface area contributed by atoms with Crippen LogP contribution in [0.2, 0.25) is 0 Å². The Kier molecular flexibility index (Phi) is 5.45. The molecule has 0 atom stereocenters. The molecule has 4 aromatic rings. The molecule has 0 amide bonds. The third-order valence-corrected chi connectivity index (χ3v) is 5.44. The number of carbonyl (C=O) groups excluding carboxylic acids is 1. The van der Waals surface area contributed by atoms with E-state index in [1.54, 1.807) is 18.4 Å². The zero-order chi connectivity index (χ0) is 19.3.